The number of carbonyl (C=O) groups excluding carboxylic acids is 3. The minimum Gasteiger partial charge on any atom is -0.379 e. The maximum Gasteiger partial charge on any atom is 0.273 e. The molecule has 2 aromatic rings. The first-order chi connectivity index (χ1) is 17.3. The van der Waals surface area contributed by atoms with Gasteiger partial charge in [-0.15, -0.1) is 0 Å². The van der Waals surface area contributed by atoms with Crippen molar-refractivity contribution in [1.82, 2.24) is 30.0 Å². The van der Waals surface area contributed by atoms with Gasteiger partial charge in [0, 0.05) is 39.3 Å². The highest BCUT2D eigenvalue weighted by Gasteiger charge is 2.48. The van der Waals surface area contributed by atoms with Gasteiger partial charge in [-0.2, -0.15) is 0 Å². The number of carbonyl (C=O) groups is 3. The van der Waals surface area contributed by atoms with Gasteiger partial charge in [0.1, 0.15) is 17.1 Å². The quantitative estimate of drug-likeness (QED) is 0.532. The molecule has 11 heteroatoms. The molecular weight excluding hydrogens is 467 g/mol. The Balaban J connectivity index is 1.46. The Morgan fingerprint density at radius 1 is 1.14 bits per heavy atom. The molecule has 0 unspecified atom stereocenters. The third kappa shape index (κ3) is 5.41. The zero-order valence-corrected chi connectivity index (χ0v) is 20.8. The number of aromatic nitrogens is 2. The monoisotopic (exact) mass is 500 g/mol. The average Bonchev–Trinajstić information content (AvgIpc) is 3.30. The number of rotatable bonds is 9. The van der Waals surface area contributed by atoms with Crippen LogP contribution in [-0.4, -0.2) is 88.5 Å². The first-order valence-electron chi connectivity index (χ1n) is 12.3. The molecule has 0 spiro atoms. The summed E-state index contributed by atoms with van der Waals surface area (Å²) in [6.07, 6.45) is 2.08. The van der Waals surface area contributed by atoms with E-state index < -0.39 is 17.4 Å². The van der Waals surface area contributed by atoms with E-state index in [1.165, 1.54) is 23.4 Å². The van der Waals surface area contributed by atoms with Crippen molar-refractivity contribution < 1.29 is 23.5 Å². The van der Waals surface area contributed by atoms with Gasteiger partial charge in [0.25, 0.3) is 11.8 Å². The first kappa shape index (κ1) is 25.8. The van der Waals surface area contributed by atoms with Gasteiger partial charge in [0.05, 0.1) is 26.1 Å². The molecule has 2 aliphatic rings. The molecule has 4 rings (SSSR count). The first-order valence-corrected chi connectivity index (χ1v) is 12.3. The molecule has 10 nitrogen and oxygen atoms in total. The van der Waals surface area contributed by atoms with Crippen LogP contribution in [0.5, 0.6) is 0 Å². The zero-order valence-electron chi connectivity index (χ0n) is 20.8. The summed E-state index contributed by atoms with van der Waals surface area (Å²) in [6, 6.07) is 5.88. The molecule has 0 radical (unpaired) electrons. The molecule has 1 fully saturated rings. The lowest BCUT2D eigenvalue weighted by Crippen LogP contribution is -2.64. The van der Waals surface area contributed by atoms with Crippen molar-refractivity contribution in [3.8, 4) is 0 Å². The van der Waals surface area contributed by atoms with E-state index in [0.717, 1.165) is 18.7 Å². The minimum absolute atomic E-state index is 0.0665. The number of nitrogens with zero attached hydrogens (tertiary/aromatic N) is 4. The minimum atomic E-state index is -1.18. The van der Waals surface area contributed by atoms with Gasteiger partial charge in [-0.05, 0) is 31.0 Å². The lowest BCUT2D eigenvalue weighted by atomic mass is 9.94. The summed E-state index contributed by atoms with van der Waals surface area (Å²) in [5, 5.41) is 5.74. The van der Waals surface area contributed by atoms with Gasteiger partial charge in [-0.3, -0.25) is 19.3 Å². The van der Waals surface area contributed by atoms with Crippen LogP contribution in [0.15, 0.2) is 30.6 Å². The molecule has 0 saturated carbocycles. The normalized spacial score (nSPS) is 20.2. The van der Waals surface area contributed by atoms with Crippen molar-refractivity contribution in [2.24, 2.45) is 0 Å². The number of hydrogen-bond donors (Lipinski definition) is 2. The van der Waals surface area contributed by atoms with Crippen LogP contribution >= 0.6 is 0 Å². The van der Waals surface area contributed by atoms with Crippen molar-refractivity contribution in [2.45, 2.75) is 38.9 Å². The fraction of sp³-hybridized carbons (Fsp3) is 0.520. The van der Waals surface area contributed by atoms with Crippen LogP contribution in [0.2, 0.25) is 0 Å². The zero-order chi connectivity index (χ0) is 25.7. The Bertz CT molecular complexity index is 1100. The Hall–Kier alpha value is -3.31. The predicted molar refractivity (Wildman–Crippen MR) is 130 cm³/mol. The van der Waals surface area contributed by atoms with E-state index in [0.29, 0.717) is 39.3 Å². The fourth-order valence-corrected chi connectivity index (χ4v) is 4.64. The van der Waals surface area contributed by atoms with Crippen molar-refractivity contribution in [3.63, 3.8) is 0 Å². The predicted octanol–water partition coefficient (Wildman–Crippen LogP) is 1.03. The molecule has 0 aliphatic carbocycles. The summed E-state index contributed by atoms with van der Waals surface area (Å²) in [7, 11) is 0. The van der Waals surface area contributed by atoms with Crippen molar-refractivity contribution in [3.05, 3.63) is 53.4 Å². The lowest BCUT2D eigenvalue weighted by Gasteiger charge is -2.43. The van der Waals surface area contributed by atoms with Gasteiger partial charge >= 0.3 is 0 Å². The van der Waals surface area contributed by atoms with Crippen LogP contribution in [0.25, 0.3) is 0 Å². The summed E-state index contributed by atoms with van der Waals surface area (Å²) < 4.78 is 20.1. The van der Waals surface area contributed by atoms with Gasteiger partial charge < -0.3 is 24.8 Å². The van der Waals surface area contributed by atoms with E-state index in [1.54, 1.807) is 23.6 Å². The van der Waals surface area contributed by atoms with Crippen molar-refractivity contribution in [2.75, 3.05) is 45.9 Å². The average molecular weight is 501 g/mol. The molecule has 1 aromatic heterocycles. The summed E-state index contributed by atoms with van der Waals surface area (Å²) in [4.78, 5) is 47.8. The van der Waals surface area contributed by atoms with Crippen LogP contribution < -0.4 is 10.6 Å². The van der Waals surface area contributed by atoms with Gasteiger partial charge in [-0.25, -0.2) is 9.37 Å². The van der Waals surface area contributed by atoms with Crippen LogP contribution in [-0.2, 0) is 22.6 Å². The third-order valence-electron chi connectivity index (χ3n) is 6.69. The highest BCUT2D eigenvalue weighted by atomic mass is 19.1. The molecule has 0 bridgehead atoms. The number of imidazole rings is 1. The highest BCUT2D eigenvalue weighted by Crippen LogP contribution is 2.29. The number of benzene rings is 1. The third-order valence-corrected chi connectivity index (χ3v) is 6.69. The summed E-state index contributed by atoms with van der Waals surface area (Å²) in [5.74, 6) is -1.49. The number of ether oxygens (including phenoxy) is 1. The fourth-order valence-electron chi connectivity index (χ4n) is 4.64. The Morgan fingerprint density at radius 3 is 2.56 bits per heavy atom. The second kappa shape index (κ2) is 11.2. The van der Waals surface area contributed by atoms with Crippen LogP contribution in [0, 0.1) is 5.82 Å². The molecular formula is C25H33FN6O4. The number of amides is 3. The van der Waals surface area contributed by atoms with Crippen LogP contribution in [0.3, 0.4) is 0 Å². The topological polar surface area (TPSA) is 109 Å². The SMILES string of the molecule is CCCN1C(=O)c2c(C(=O)NCCN3CCOCC3)ncn2C[C@]1(C)C(=O)NCc1ccc(F)cc1. The number of morpholine rings is 1. The largest absolute Gasteiger partial charge is 0.379 e. The van der Waals surface area contributed by atoms with Gasteiger partial charge in [-0.1, -0.05) is 19.1 Å². The van der Waals surface area contributed by atoms with E-state index in [2.05, 4.69) is 20.5 Å². The molecule has 2 N–H and O–H groups in total. The molecule has 3 heterocycles. The van der Waals surface area contributed by atoms with Crippen molar-refractivity contribution >= 4 is 17.7 Å². The van der Waals surface area contributed by atoms with E-state index >= 15 is 0 Å². The van der Waals surface area contributed by atoms with Crippen molar-refractivity contribution in [1.29, 1.82) is 0 Å². The Labute approximate surface area is 209 Å². The standard InChI is InChI=1S/C25H33FN6O4/c1-3-9-32-23(34)21-20(22(33)27-8-10-30-11-13-36-14-12-30)29-17-31(21)16-25(32,2)24(35)28-15-18-4-6-19(26)7-5-18/h4-7,17H,3,8-16H2,1-2H3,(H,27,33)(H,28,35)/t25-/m1/s1. The number of halogens is 1. The van der Waals surface area contributed by atoms with E-state index in [1.807, 2.05) is 6.92 Å². The molecule has 2 aliphatic heterocycles. The van der Waals surface area contributed by atoms with E-state index in [9.17, 15) is 18.8 Å². The number of hydrogen-bond acceptors (Lipinski definition) is 6. The second-order valence-electron chi connectivity index (χ2n) is 9.32. The lowest BCUT2D eigenvalue weighted by molar-refractivity contribution is -0.133. The molecule has 3 amide bonds. The highest BCUT2D eigenvalue weighted by molar-refractivity contribution is 6.07. The van der Waals surface area contributed by atoms with E-state index in [-0.39, 0.29) is 36.2 Å². The summed E-state index contributed by atoms with van der Waals surface area (Å²) in [6.45, 7) is 8.48. The van der Waals surface area contributed by atoms with E-state index in [4.69, 9.17) is 4.74 Å². The number of fused-ring (bicyclic) bond motifs is 1. The molecule has 1 atom stereocenters. The maximum atomic E-state index is 13.6. The van der Waals surface area contributed by atoms with Crippen LogP contribution in [0.4, 0.5) is 4.39 Å². The Kier molecular flexibility index (Phi) is 8.00. The maximum absolute atomic E-state index is 13.6. The second-order valence-corrected chi connectivity index (χ2v) is 9.32. The smallest absolute Gasteiger partial charge is 0.273 e. The summed E-state index contributed by atoms with van der Waals surface area (Å²) in [5.41, 5.74) is -0.171. The molecule has 1 saturated heterocycles. The molecule has 194 valence electrons. The van der Waals surface area contributed by atoms with Crippen LogP contribution in [0.1, 0.15) is 46.8 Å². The Morgan fingerprint density at radius 2 is 1.86 bits per heavy atom. The molecule has 1 aromatic carbocycles. The van der Waals surface area contributed by atoms with Gasteiger partial charge in [0.15, 0.2) is 5.69 Å². The van der Waals surface area contributed by atoms with Gasteiger partial charge in [0.2, 0.25) is 5.91 Å². The number of nitrogens with one attached hydrogen (secondary N) is 2. The molecule has 36 heavy (non-hydrogen) atoms. The summed E-state index contributed by atoms with van der Waals surface area (Å²) >= 11 is 0.